The summed E-state index contributed by atoms with van der Waals surface area (Å²) in [5.41, 5.74) is 4.01. The van der Waals surface area contributed by atoms with Gasteiger partial charge in [0.15, 0.2) is 0 Å². The molecule has 1 aromatic carbocycles. The van der Waals surface area contributed by atoms with Gasteiger partial charge in [-0.3, -0.25) is 4.90 Å². The smallest absolute Gasteiger partial charge is 0.0594 e. The molecule has 0 unspecified atom stereocenters. The van der Waals surface area contributed by atoms with E-state index in [0.29, 0.717) is 6.04 Å². The molecule has 1 atom stereocenters. The highest BCUT2D eigenvalue weighted by Gasteiger charge is 2.18. The maximum atomic E-state index is 5.41. The lowest BCUT2D eigenvalue weighted by Crippen LogP contribution is -2.37. The van der Waals surface area contributed by atoms with E-state index >= 15 is 0 Å². The van der Waals surface area contributed by atoms with Crippen molar-refractivity contribution in [3.8, 4) is 11.1 Å². The Bertz CT molecular complexity index is 500. The number of rotatable bonds is 3. The highest BCUT2D eigenvalue weighted by molar-refractivity contribution is 7.08. The summed E-state index contributed by atoms with van der Waals surface area (Å²) in [4.78, 5) is 2.49. The topological polar surface area (TPSA) is 12.5 Å². The average Bonchev–Trinajstić information content (AvgIpc) is 3.02. The molecule has 1 aromatic heterocycles. The molecule has 0 saturated carbocycles. The van der Waals surface area contributed by atoms with E-state index in [-0.39, 0.29) is 0 Å². The number of thiophene rings is 1. The third-order valence-corrected chi connectivity index (χ3v) is 4.52. The van der Waals surface area contributed by atoms with Gasteiger partial charge < -0.3 is 4.74 Å². The highest BCUT2D eigenvalue weighted by atomic mass is 32.1. The Balaban J connectivity index is 1.74. The standard InChI is InChI=1S/C16H19NOS/c1-13(17-7-9-18-10-8-17)14-2-4-15(5-3-14)16-6-11-19-12-16/h2-6,11-13H,7-10H2,1H3/t13-/m1/s1. The first-order chi connectivity index (χ1) is 9.34. The Morgan fingerprint density at radius 1 is 1.05 bits per heavy atom. The second kappa shape index (κ2) is 5.87. The van der Waals surface area contributed by atoms with Gasteiger partial charge in [0.2, 0.25) is 0 Å². The molecule has 2 aromatic rings. The van der Waals surface area contributed by atoms with Gasteiger partial charge in [-0.15, -0.1) is 0 Å². The monoisotopic (exact) mass is 273 g/mol. The number of hydrogen-bond donors (Lipinski definition) is 0. The Labute approximate surface area is 118 Å². The minimum Gasteiger partial charge on any atom is -0.379 e. The molecule has 0 N–H and O–H groups in total. The Kier molecular flexibility index (Phi) is 3.97. The molecule has 0 amide bonds. The molecule has 0 aliphatic carbocycles. The summed E-state index contributed by atoms with van der Waals surface area (Å²) in [6, 6.07) is 11.6. The first-order valence-electron chi connectivity index (χ1n) is 6.79. The molecule has 2 nitrogen and oxygen atoms in total. The lowest BCUT2D eigenvalue weighted by Gasteiger charge is -2.32. The molecule has 0 spiro atoms. The van der Waals surface area contributed by atoms with E-state index < -0.39 is 0 Å². The number of morpholine rings is 1. The molecule has 1 aliphatic heterocycles. The van der Waals surface area contributed by atoms with Crippen LogP contribution in [-0.2, 0) is 4.74 Å². The van der Waals surface area contributed by atoms with Crippen molar-refractivity contribution in [2.24, 2.45) is 0 Å². The lowest BCUT2D eigenvalue weighted by atomic mass is 10.0. The normalized spacial score (nSPS) is 18.4. The summed E-state index contributed by atoms with van der Waals surface area (Å²) in [6.07, 6.45) is 0. The van der Waals surface area contributed by atoms with Gasteiger partial charge in [-0.1, -0.05) is 24.3 Å². The Morgan fingerprint density at radius 2 is 1.79 bits per heavy atom. The van der Waals surface area contributed by atoms with E-state index in [1.165, 1.54) is 16.7 Å². The van der Waals surface area contributed by atoms with Gasteiger partial charge in [0.05, 0.1) is 13.2 Å². The van der Waals surface area contributed by atoms with E-state index in [9.17, 15) is 0 Å². The van der Waals surface area contributed by atoms with E-state index in [1.54, 1.807) is 11.3 Å². The van der Waals surface area contributed by atoms with Gasteiger partial charge in [-0.2, -0.15) is 11.3 Å². The first kappa shape index (κ1) is 12.9. The summed E-state index contributed by atoms with van der Waals surface area (Å²) < 4.78 is 5.41. The van der Waals surface area contributed by atoms with Crippen LogP contribution in [0.15, 0.2) is 41.1 Å². The highest BCUT2D eigenvalue weighted by Crippen LogP contribution is 2.26. The molecule has 0 bridgehead atoms. The molecule has 1 aliphatic rings. The van der Waals surface area contributed by atoms with Crippen molar-refractivity contribution in [3.05, 3.63) is 46.7 Å². The maximum Gasteiger partial charge on any atom is 0.0594 e. The summed E-state index contributed by atoms with van der Waals surface area (Å²) in [7, 11) is 0. The molecule has 0 radical (unpaired) electrons. The molecular weight excluding hydrogens is 254 g/mol. The van der Waals surface area contributed by atoms with Crippen molar-refractivity contribution in [1.29, 1.82) is 0 Å². The molecule has 100 valence electrons. The summed E-state index contributed by atoms with van der Waals surface area (Å²) >= 11 is 1.75. The largest absolute Gasteiger partial charge is 0.379 e. The van der Waals surface area contributed by atoms with E-state index in [2.05, 4.69) is 52.9 Å². The molecule has 1 saturated heterocycles. The fraction of sp³-hybridized carbons (Fsp3) is 0.375. The van der Waals surface area contributed by atoms with Gasteiger partial charge in [0.1, 0.15) is 0 Å². The quantitative estimate of drug-likeness (QED) is 0.843. The number of hydrogen-bond acceptors (Lipinski definition) is 3. The fourth-order valence-electron chi connectivity index (χ4n) is 2.56. The molecule has 2 heterocycles. The molecule has 1 fully saturated rings. The zero-order valence-corrected chi connectivity index (χ0v) is 12.0. The predicted molar refractivity (Wildman–Crippen MR) is 80.6 cm³/mol. The third kappa shape index (κ3) is 2.89. The van der Waals surface area contributed by atoms with Crippen LogP contribution in [0, 0.1) is 0 Å². The van der Waals surface area contributed by atoms with Crippen molar-refractivity contribution in [2.45, 2.75) is 13.0 Å². The Morgan fingerprint density at radius 3 is 2.42 bits per heavy atom. The third-order valence-electron chi connectivity index (χ3n) is 3.84. The maximum absolute atomic E-state index is 5.41. The van der Waals surface area contributed by atoms with Gasteiger partial charge in [0, 0.05) is 19.1 Å². The predicted octanol–water partition coefficient (Wildman–Crippen LogP) is 3.81. The number of benzene rings is 1. The molecule has 3 heteroatoms. The van der Waals surface area contributed by atoms with Crippen LogP contribution >= 0.6 is 11.3 Å². The minimum atomic E-state index is 0.473. The van der Waals surface area contributed by atoms with E-state index in [0.717, 1.165) is 26.3 Å². The van der Waals surface area contributed by atoms with Crippen LogP contribution in [0.3, 0.4) is 0 Å². The fourth-order valence-corrected chi connectivity index (χ4v) is 3.22. The zero-order valence-electron chi connectivity index (χ0n) is 11.2. The van der Waals surface area contributed by atoms with Crippen molar-refractivity contribution < 1.29 is 4.74 Å². The van der Waals surface area contributed by atoms with Crippen LogP contribution in [0.4, 0.5) is 0 Å². The van der Waals surface area contributed by atoms with Crippen LogP contribution < -0.4 is 0 Å². The Hall–Kier alpha value is -1.16. The molecular formula is C16H19NOS. The van der Waals surface area contributed by atoms with Crippen molar-refractivity contribution >= 4 is 11.3 Å². The molecule has 3 rings (SSSR count). The van der Waals surface area contributed by atoms with Crippen molar-refractivity contribution in [2.75, 3.05) is 26.3 Å². The van der Waals surface area contributed by atoms with Crippen LogP contribution in [0.5, 0.6) is 0 Å². The SMILES string of the molecule is C[C@H](c1ccc(-c2ccsc2)cc1)N1CCOCC1. The van der Waals surface area contributed by atoms with Crippen LogP contribution in [-0.4, -0.2) is 31.2 Å². The lowest BCUT2D eigenvalue weighted by molar-refractivity contribution is 0.0198. The average molecular weight is 273 g/mol. The van der Waals surface area contributed by atoms with Crippen LogP contribution in [0.2, 0.25) is 0 Å². The number of ether oxygens (including phenoxy) is 1. The van der Waals surface area contributed by atoms with Crippen molar-refractivity contribution in [1.82, 2.24) is 4.90 Å². The minimum absolute atomic E-state index is 0.473. The van der Waals surface area contributed by atoms with E-state index in [4.69, 9.17) is 4.74 Å². The van der Waals surface area contributed by atoms with E-state index in [1.807, 2.05) is 0 Å². The molecule has 19 heavy (non-hydrogen) atoms. The van der Waals surface area contributed by atoms with Crippen LogP contribution in [0.25, 0.3) is 11.1 Å². The summed E-state index contributed by atoms with van der Waals surface area (Å²) in [5, 5.41) is 4.32. The second-order valence-electron chi connectivity index (χ2n) is 4.96. The van der Waals surface area contributed by atoms with Gasteiger partial charge in [-0.05, 0) is 40.4 Å². The summed E-state index contributed by atoms with van der Waals surface area (Å²) in [5.74, 6) is 0. The van der Waals surface area contributed by atoms with Gasteiger partial charge in [0.25, 0.3) is 0 Å². The summed E-state index contributed by atoms with van der Waals surface area (Å²) in [6.45, 7) is 6.07. The van der Waals surface area contributed by atoms with Crippen molar-refractivity contribution in [3.63, 3.8) is 0 Å². The number of nitrogens with zero attached hydrogens (tertiary/aromatic N) is 1. The van der Waals surface area contributed by atoms with Gasteiger partial charge in [-0.25, -0.2) is 0 Å². The second-order valence-corrected chi connectivity index (χ2v) is 5.74. The van der Waals surface area contributed by atoms with Crippen LogP contribution in [0.1, 0.15) is 18.5 Å². The van der Waals surface area contributed by atoms with Gasteiger partial charge >= 0.3 is 0 Å². The first-order valence-corrected chi connectivity index (χ1v) is 7.73. The zero-order chi connectivity index (χ0) is 13.1.